The third-order valence-electron chi connectivity index (χ3n) is 2.95. The molecule has 1 atom stereocenters. The highest BCUT2D eigenvalue weighted by Crippen LogP contribution is 2.19. The number of anilines is 1. The second-order valence-electron chi connectivity index (χ2n) is 4.29. The highest BCUT2D eigenvalue weighted by atomic mass is 32.1. The van der Waals surface area contributed by atoms with Crippen molar-refractivity contribution >= 4 is 17.0 Å². The summed E-state index contributed by atoms with van der Waals surface area (Å²) < 4.78 is 5.83. The Hall–Kier alpha value is -1.39. The molecular formula is C14H18N2OS. The SMILES string of the molecule is Cc1ncsc1CCOC(C)c1ccc(N)cc1. The van der Waals surface area contributed by atoms with E-state index in [-0.39, 0.29) is 6.10 Å². The van der Waals surface area contributed by atoms with Crippen LogP contribution < -0.4 is 5.73 Å². The molecular weight excluding hydrogens is 244 g/mol. The summed E-state index contributed by atoms with van der Waals surface area (Å²) in [6, 6.07) is 7.83. The summed E-state index contributed by atoms with van der Waals surface area (Å²) in [7, 11) is 0. The molecule has 0 aliphatic carbocycles. The smallest absolute Gasteiger partial charge is 0.0797 e. The molecule has 0 saturated heterocycles. The molecule has 1 aromatic carbocycles. The van der Waals surface area contributed by atoms with Gasteiger partial charge in [-0.25, -0.2) is 4.98 Å². The van der Waals surface area contributed by atoms with Gasteiger partial charge in [0.2, 0.25) is 0 Å². The number of aromatic nitrogens is 1. The van der Waals surface area contributed by atoms with Crippen molar-refractivity contribution in [1.82, 2.24) is 4.98 Å². The second kappa shape index (κ2) is 5.98. The number of thiazole rings is 1. The van der Waals surface area contributed by atoms with Crippen LogP contribution in [0, 0.1) is 6.92 Å². The molecule has 2 aromatic rings. The largest absolute Gasteiger partial charge is 0.399 e. The lowest BCUT2D eigenvalue weighted by Crippen LogP contribution is -2.04. The average Bonchev–Trinajstić information content (AvgIpc) is 2.76. The van der Waals surface area contributed by atoms with Crippen molar-refractivity contribution < 1.29 is 4.74 Å². The lowest BCUT2D eigenvalue weighted by molar-refractivity contribution is 0.0684. The Morgan fingerprint density at radius 2 is 2.06 bits per heavy atom. The van der Waals surface area contributed by atoms with Gasteiger partial charge in [0.25, 0.3) is 0 Å². The van der Waals surface area contributed by atoms with Crippen LogP contribution in [-0.4, -0.2) is 11.6 Å². The van der Waals surface area contributed by atoms with Gasteiger partial charge in [0.05, 0.1) is 23.9 Å². The van der Waals surface area contributed by atoms with Crippen LogP contribution in [0.5, 0.6) is 0 Å². The Morgan fingerprint density at radius 1 is 1.33 bits per heavy atom. The van der Waals surface area contributed by atoms with Gasteiger partial charge in [-0.2, -0.15) is 0 Å². The minimum Gasteiger partial charge on any atom is -0.399 e. The number of hydrogen-bond acceptors (Lipinski definition) is 4. The van der Waals surface area contributed by atoms with E-state index in [9.17, 15) is 0 Å². The highest BCUT2D eigenvalue weighted by molar-refractivity contribution is 7.09. The summed E-state index contributed by atoms with van der Waals surface area (Å²) in [5.74, 6) is 0. The van der Waals surface area contributed by atoms with Crippen LogP contribution in [0.15, 0.2) is 29.8 Å². The molecule has 0 amide bonds. The molecule has 4 heteroatoms. The molecule has 0 aliphatic heterocycles. The maximum atomic E-state index is 5.83. The van der Waals surface area contributed by atoms with E-state index in [4.69, 9.17) is 10.5 Å². The summed E-state index contributed by atoms with van der Waals surface area (Å²) in [6.45, 7) is 4.81. The van der Waals surface area contributed by atoms with E-state index < -0.39 is 0 Å². The topological polar surface area (TPSA) is 48.1 Å². The van der Waals surface area contributed by atoms with Crippen LogP contribution >= 0.6 is 11.3 Å². The van der Waals surface area contributed by atoms with Crippen molar-refractivity contribution in [2.24, 2.45) is 0 Å². The van der Waals surface area contributed by atoms with Gasteiger partial charge in [0.15, 0.2) is 0 Å². The number of rotatable bonds is 5. The van der Waals surface area contributed by atoms with E-state index in [0.717, 1.165) is 23.4 Å². The predicted molar refractivity (Wildman–Crippen MR) is 75.8 cm³/mol. The number of nitrogen functional groups attached to an aromatic ring is 1. The minimum absolute atomic E-state index is 0.0961. The van der Waals surface area contributed by atoms with E-state index in [1.807, 2.05) is 36.7 Å². The van der Waals surface area contributed by atoms with E-state index in [0.29, 0.717) is 6.61 Å². The summed E-state index contributed by atoms with van der Waals surface area (Å²) in [4.78, 5) is 5.54. The maximum Gasteiger partial charge on any atom is 0.0797 e. The molecule has 0 spiro atoms. The fourth-order valence-corrected chi connectivity index (χ4v) is 2.52. The fraction of sp³-hybridized carbons (Fsp3) is 0.357. The number of nitrogens with two attached hydrogens (primary N) is 1. The molecule has 1 aromatic heterocycles. The summed E-state index contributed by atoms with van der Waals surface area (Å²) in [6.07, 6.45) is 1.02. The van der Waals surface area contributed by atoms with Crippen molar-refractivity contribution in [2.75, 3.05) is 12.3 Å². The molecule has 1 heterocycles. The predicted octanol–water partition coefficient (Wildman–Crippen LogP) is 3.35. The minimum atomic E-state index is 0.0961. The molecule has 96 valence electrons. The van der Waals surface area contributed by atoms with Gasteiger partial charge >= 0.3 is 0 Å². The maximum absolute atomic E-state index is 5.83. The number of benzene rings is 1. The Labute approximate surface area is 112 Å². The number of aryl methyl sites for hydroxylation is 1. The van der Waals surface area contributed by atoms with E-state index in [1.165, 1.54) is 4.88 Å². The van der Waals surface area contributed by atoms with Crippen molar-refractivity contribution in [1.29, 1.82) is 0 Å². The Kier molecular flexibility index (Phi) is 4.33. The van der Waals surface area contributed by atoms with Gasteiger partial charge in [0, 0.05) is 17.0 Å². The van der Waals surface area contributed by atoms with Crippen molar-refractivity contribution in [2.45, 2.75) is 26.4 Å². The van der Waals surface area contributed by atoms with Gasteiger partial charge in [0.1, 0.15) is 0 Å². The number of nitrogens with zero attached hydrogens (tertiary/aromatic N) is 1. The molecule has 0 fully saturated rings. The first-order valence-electron chi connectivity index (χ1n) is 6.03. The molecule has 2 N–H and O–H groups in total. The highest BCUT2D eigenvalue weighted by Gasteiger charge is 2.07. The van der Waals surface area contributed by atoms with Gasteiger partial charge in [-0.3, -0.25) is 0 Å². The first-order chi connectivity index (χ1) is 8.66. The van der Waals surface area contributed by atoms with Gasteiger partial charge in [-0.1, -0.05) is 12.1 Å². The third-order valence-corrected chi connectivity index (χ3v) is 3.94. The molecule has 3 nitrogen and oxygen atoms in total. The van der Waals surface area contributed by atoms with E-state index in [1.54, 1.807) is 11.3 Å². The molecule has 0 radical (unpaired) electrons. The molecule has 0 saturated carbocycles. The zero-order valence-electron chi connectivity index (χ0n) is 10.7. The van der Waals surface area contributed by atoms with Crippen molar-refractivity contribution in [3.05, 3.63) is 45.9 Å². The first-order valence-corrected chi connectivity index (χ1v) is 6.91. The van der Waals surface area contributed by atoms with Crippen LogP contribution in [0.4, 0.5) is 5.69 Å². The van der Waals surface area contributed by atoms with Gasteiger partial charge in [-0.15, -0.1) is 11.3 Å². The molecule has 0 aliphatic rings. The average molecular weight is 262 g/mol. The second-order valence-corrected chi connectivity index (χ2v) is 5.23. The van der Waals surface area contributed by atoms with Gasteiger partial charge in [-0.05, 0) is 31.5 Å². The molecule has 1 unspecified atom stereocenters. The van der Waals surface area contributed by atoms with Crippen LogP contribution in [0.2, 0.25) is 0 Å². The van der Waals surface area contributed by atoms with Crippen LogP contribution in [-0.2, 0) is 11.2 Å². The molecule has 2 rings (SSSR count). The van der Waals surface area contributed by atoms with E-state index >= 15 is 0 Å². The standard InChI is InChI=1S/C14H18N2OS/c1-10-14(18-9-16-10)7-8-17-11(2)12-3-5-13(15)6-4-12/h3-6,9,11H,7-8,15H2,1-2H3. The third kappa shape index (κ3) is 3.31. The number of ether oxygens (including phenoxy) is 1. The zero-order valence-corrected chi connectivity index (χ0v) is 11.5. The van der Waals surface area contributed by atoms with Crippen LogP contribution in [0.1, 0.15) is 29.2 Å². The summed E-state index contributed by atoms with van der Waals surface area (Å²) in [5, 5.41) is 0. The zero-order chi connectivity index (χ0) is 13.0. The Balaban J connectivity index is 1.83. The Morgan fingerprint density at radius 3 is 2.67 bits per heavy atom. The van der Waals surface area contributed by atoms with Gasteiger partial charge < -0.3 is 10.5 Å². The van der Waals surface area contributed by atoms with Crippen molar-refractivity contribution in [3.63, 3.8) is 0 Å². The van der Waals surface area contributed by atoms with E-state index in [2.05, 4.69) is 11.9 Å². The Bertz CT molecular complexity index is 493. The summed E-state index contributed by atoms with van der Waals surface area (Å²) in [5.41, 5.74) is 10.6. The lowest BCUT2D eigenvalue weighted by Gasteiger charge is -2.13. The fourth-order valence-electron chi connectivity index (χ4n) is 1.76. The lowest BCUT2D eigenvalue weighted by atomic mass is 10.1. The number of hydrogen-bond donors (Lipinski definition) is 1. The molecule has 0 bridgehead atoms. The van der Waals surface area contributed by atoms with Crippen LogP contribution in [0.25, 0.3) is 0 Å². The summed E-state index contributed by atoms with van der Waals surface area (Å²) >= 11 is 1.69. The van der Waals surface area contributed by atoms with Crippen LogP contribution in [0.3, 0.4) is 0 Å². The van der Waals surface area contributed by atoms with Crippen molar-refractivity contribution in [3.8, 4) is 0 Å². The molecule has 18 heavy (non-hydrogen) atoms. The quantitative estimate of drug-likeness (QED) is 0.841. The monoisotopic (exact) mass is 262 g/mol. The normalized spacial score (nSPS) is 12.6. The first kappa shape index (κ1) is 13.1.